The van der Waals surface area contributed by atoms with Crippen LogP contribution in [0.1, 0.15) is 40.0 Å². The van der Waals surface area contributed by atoms with Crippen LogP contribution in [-0.4, -0.2) is 48.6 Å². The summed E-state index contributed by atoms with van der Waals surface area (Å²) in [4.78, 5) is 0. The zero-order valence-corrected chi connectivity index (χ0v) is 13.2. The van der Waals surface area contributed by atoms with Crippen molar-refractivity contribution in [2.45, 2.75) is 46.1 Å². The monoisotopic (exact) mass is 296 g/mol. The van der Waals surface area contributed by atoms with Crippen molar-refractivity contribution in [2.75, 3.05) is 25.5 Å². The molecule has 1 heterocycles. The van der Waals surface area contributed by atoms with Gasteiger partial charge in [-0.05, 0) is 32.1 Å². The molecule has 0 aromatic carbocycles. The first-order valence-electron chi connectivity index (χ1n) is 6.80. The van der Waals surface area contributed by atoms with Crippen molar-refractivity contribution >= 4 is 21.8 Å². The molecule has 1 rings (SSSR count). The Hall–Kier alpha value is 0.160. The number of alkyl halides is 1. The first-order chi connectivity index (χ1) is 8.47. The van der Waals surface area contributed by atoms with Gasteiger partial charge < -0.3 is 0 Å². The van der Waals surface area contributed by atoms with Gasteiger partial charge in [0.15, 0.2) is 0 Å². The molecule has 0 saturated carbocycles. The van der Waals surface area contributed by atoms with Crippen LogP contribution in [0.5, 0.6) is 0 Å². The van der Waals surface area contributed by atoms with Gasteiger partial charge >= 0.3 is 0 Å². The lowest BCUT2D eigenvalue weighted by atomic mass is 10.0. The first-order valence-corrected chi connectivity index (χ1v) is 8.73. The molecule has 1 aliphatic heterocycles. The number of halogens is 1. The summed E-state index contributed by atoms with van der Waals surface area (Å²) in [7, 11) is -3.32. The van der Waals surface area contributed by atoms with Crippen molar-refractivity contribution in [3.05, 3.63) is 0 Å². The molecule has 0 N–H and O–H groups in total. The van der Waals surface area contributed by atoms with Gasteiger partial charge in [0.25, 0.3) is 10.2 Å². The Kier molecular flexibility index (Phi) is 6.38. The Morgan fingerprint density at radius 2 is 2.11 bits per heavy atom. The molecule has 0 bridgehead atoms. The van der Waals surface area contributed by atoms with Gasteiger partial charge in [-0.1, -0.05) is 13.8 Å². The molecule has 0 amide bonds. The molecule has 1 fully saturated rings. The van der Waals surface area contributed by atoms with Gasteiger partial charge in [0.1, 0.15) is 0 Å². The molecule has 108 valence electrons. The quantitative estimate of drug-likeness (QED) is 0.706. The van der Waals surface area contributed by atoms with Crippen LogP contribution in [0.3, 0.4) is 0 Å². The molecule has 0 aliphatic carbocycles. The van der Waals surface area contributed by atoms with Gasteiger partial charge in [0.2, 0.25) is 0 Å². The van der Waals surface area contributed by atoms with Crippen LogP contribution >= 0.6 is 11.6 Å². The predicted octanol–water partition coefficient (Wildman–Crippen LogP) is 2.30. The van der Waals surface area contributed by atoms with E-state index < -0.39 is 10.2 Å². The van der Waals surface area contributed by atoms with E-state index in [9.17, 15) is 8.42 Å². The molecule has 6 heteroatoms. The fraction of sp³-hybridized carbons (Fsp3) is 1.00. The highest BCUT2D eigenvalue weighted by Crippen LogP contribution is 2.23. The summed E-state index contributed by atoms with van der Waals surface area (Å²) in [5, 5.41) is 0. The number of hydrogen-bond acceptors (Lipinski definition) is 2. The lowest BCUT2D eigenvalue weighted by Crippen LogP contribution is -2.50. The molecule has 1 aliphatic rings. The third kappa shape index (κ3) is 3.59. The summed E-state index contributed by atoms with van der Waals surface area (Å²) in [6.45, 7) is 7.60. The Bertz CT molecular complexity index is 348. The van der Waals surface area contributed by atoms with Crippen LogP contribution in [0.4, 0.5) is 0 Å². The minimum absolute atomic E-state index is 0.0522. The summed E-state index contributed by atoms with van der Waals surface area (Å²) in [5.41, 5.74) is 0. The third-order valence-corrected chi connectivity index (χ3v) is 6.35. The van der Waals surface area contributed by atoms with Crippen molar-refractivity contribution in [1.82, 2.24) is 8.61 Å². The summed E-state index contributed by atoms with van der Waals surface area (Å²) in [5.74, 6) is 0.840. The van der Waals surface area contributed by atoms with Crippen LogP contribution in [0.15, 0.2) is 0 Å². The second kappa shape index (κ2) is 7.08. The van der Waals surface area contributed by atoms with E-state index >= 15 is 0 Å². The van der Waals surface area contributed by atoms with Gasteiger partial charge in [-0.25, -0.2) is 0 Å². The predicted molar refractivity (Wildman–Crippen MR) is 76.1 cm³/mol. The van der Waals surface area contributed by atoms with Gasteiger partial charge in [-0.3, -0.25) is 0 Å². The zero-order valence-electron chi connectivity index (χ0n) is 11.6. The lowest BCUT2D eigenvalue weighted by Gasteiger charge is -2.36. The van der Waals surface area contributed by atoms with E-state index in [1.54, 1.807) is 8.61 Å². The second-order valence-corrected chi connectivity index (χ2v) is 7.18. The molecule has 1 saturated heterocycles. The molecular formula is C12H25ClN2O2S. The van der Waals surface area contributed by atoms with Crippen molar-refractivity contribution in [1.29, 1.82) is 0 Å². The third-order valence-electron chi connectivity index (χ3n) is 3.72. The largest absolute Gasteiger partial charge is 0.282 e. The van der Waals surface area contributed by atoms with E-state index in [1.807, 2.05) is 20.8 Å². The number of nitrogens with zero attached hydrogens (tertiary/aromatic N) is 2. The highest BCUT2D eigenvalue weighted by Gasteiger charge is 2.34. The Labute approximate surface area is 116 Å². The average molecular weight is 297 g/mol. The zero-order chi connectivity index (χ0) is 13.8. The van der Waals surface area contributed by atoms with Crippen LogP contribution in [-0.2, 0) is 10.2 Å². The van der Waals surface area contributed by atoms with Crippen LogP contribution in [0.25, 0.3) is 0 Å². The summed E-state index contributed by atoms with van der Waals surface area (Å²) >= 11 is 5.86. The number of hydrogen-bond donors (Lipinski definition) is 0. The highest BCUT2D eigenvalue weighted by molar-refractivity contribution is 7.86. The molecule has 0 aromatic heterocycles. The van der Waals surface area contributed by atoms with Gasteiger partial charge in [-0.15, -0.1) is 11.6 Å². The average Bonchev–Trinajstić information content (AvgIpc) is 2.39. The van der Waals surface area contributed by atoms with Crippen LogP contribution in [0.2, 0.25) is 0 Å². The van der Waals surface area contributed by atoms with E-state index in [0.29, 0.717) is 31.4 Å². The maximum Gasteiger partial charge on any atom is 0.282 e. The fourth-order valence-electron chi connectivity index (χ4n) is 2.42. The maximum atomic E-state index is 12.6. The Morgan fingerprint density at radius 1 is 1.44 bits per heavy atom. The molecule has 2 unspecified atom stereocenters. The van der Waals surface area contributed by atoms with Crippen molar-refractivity contribution in [3.8, 4) is 0 Å². The highest BCUT2D eigenvalue weighted by atomic mass is 35.5. The minimum atomic E-state index is -3.32. The van der Waals surface area contributed by atoms with Crippen LogP contribution in [0, 0.1) is 5.92 Å². The molecule has 0 radical (unpaired) electrons. The normalized spacial score (nSPS) is 24.4. The Morgan fingerprint density at radius 3 is 2.61 bits per heavy atom. The van der Waals surface area contributed by atoms with Gasteiger partial charge in [-0.2, -0.15) is 17.0 Å². The smallest absolute Gasteiger partial charge is 0.195 e. The SMILES string of the molecule is CCC(C)N(CC)S(=O)(=O)N1CCCC(CCl)C1. The van der Waals surface area contributed by atoms with E-state index in [-0.39, 0.29) is 6.04 Å². The summed E-state index contributed by atoms with van der Waals surface area (Å²) in [6, 6.07) is 0.0522. The second-order valence-electron chi connectivity index (χ2n) is 4.99. The number of piperidine rings is 1. The summed E-state index contributed by atoms with van der Waals surface area (Å²) in [6.07, 6.45) is 2.78. The van der Waals surface area contributed by atoms with Gasteiger partial charge in [0, 0.05) is 31.6 Å². The molecule has 2 atom stereocenters. The maximum absolute atomic E-state index is 12.6. The topological polar surface area (TPSA) is 40.6 Å². The minimum Gasteiger partial charge on any atom is -0.195 e. The lowest BCUT2D eigenvalue weighted by molar-refractivity contribution is 0.245. The van der Waals surface area contributed by atoms with Crippen molar-refractivity contribution in [2.24, 2.45) is 5.92 Å². The van der Waals surface area contributed by atoms with E-state index in [0.717, 1.165) is 19.3 Å². The summed E-state index contributed by atoms with van der Waals surface area (Å²) < 4.78 is 28.4. The van der Waals surface area contributed by atoms with Gasteiger partial charge in [0.05, 0.1) is 0 Å². The van der Waals surface area contributed by atoms with E-state index in [1.165, 1.54) is 0 Å². The van der Waals surface area contributed by atoms with E-state index in [2.05, 4.69) is 0 Å². The fourth-order valence-corrected chi connectivity index (χ4v) is 4.65. The van der Waals surface area contributed by atoms with Crippen molar-refractivity contribution < 1.29 is 8.42 Å². The molecule has 0 aromatic rings. The molecule has 18 heavy (non-hydrogen) atoms. The molecule has 4 nitrogen and oxygen atoms in total. The Balaban J connectivity index is 2.83. The molecular weight excluding hydrogens is 272 g/mol. The molecule has 0 spiro atoms. The standard InChI is InChI=1S/C12H25ClN2O2S/c1-4-11(3)15(5-2)18(16,17)14-8-6-7-12(9-13)10-14/h11-12H,4-10H2,1-3H3. The van der Waals surface area contributed by atoms with E-state index in [4.69, 9.17) is 11.6 Å². The first kappa shape index (κ1) is 16.2. The van der Waals surface area contributed by atoms with Crippen molar-refractivity contribution in [3.63, 3.8) is 0 Å². The van der Waals surface area contributed by atoms with Crippen LogP contribution < -0.4 is 0 Å². The number of rotatable bonds is 6.